The van der Waals surface area contributed by atoms with Crippen molar-refractivity contribution in [2.24, 2.45) is 0 Å². The van der Waals surface area contributed by atoms with Crippen molar-refractivity contribution in [2.75, 3.05) is 0 Å². The molecule has 2 nitrogen and oxygen atoms in total. The van der Waals surface area contributed by atoms with Gasteiger partial charge in [0.15, 0.2) is 0 Å². The zero-order valence-corrected chi connectivity index (χ0v) is 10.1. The first kappa shape index (κ1) is 9.28. The molecule has 1 N–H and O–H groups in total. The van der Waals surface area contributed by atoms with Gasteiger partial charge >= 0.3 is 0 Å². The molecule has 2 heterocycles. The highest BCUT2D eigenvalue weighted by Crippen LogP contribution is 2.37. The molecule has 1 aliphatic heterocycles. The van der Waals surface area contributed by atoms with Crippen LogP contribution in [-0.2, 0) is 13.0 Å². The largest absolute Gasteiger partial charge is 0.508 e. The summed E-state index contributed by atoms with van der Waals surface area (Å²) in [6.07, 6.45) is 2.23. The number of rotatable bonds is 0. The third kappa shape index (κ3) is 1.16. The van der Waals surface area contributed by atoms with E-state index in [1.807, 2.05) is 12.1 Å². The average Bonchev–Trinajstić information content (AvgIpc) is 2.46. The second-order valence-corrected chi connectivity index (χ2v) is 4.95. The number of phenolic OH excluding ortho intramolecular Hbond substituents is 1. The molecular weight excluding hydrogens is 254 g/mol. The van der Waals surface area contributed by atoms with E-state index in [0.29, 0.717) is 5.75 Å². The maximum absolute atomic E-state index is 9.66. The van der Waals surface area contributed by atoms with Crippen molar-refractivity contribution in [3.8, 4) is 5.75 Å². The summed E-state index contributed by atoms with van der Waals surface area (Å²) in [7, 11) is 0. The van der Waals surface area contributed by atoms with Crippen LogP contribution in [0.4, 0.5) is 0 Å². The molecule has 0 saturated carbocycles. The van der Waals surface area contributed by atoms with Gasteiger partial charge in [0.05, 0.1) is 5.52 Å². The highest BCUT2D eigenvalue weighted by Gasteiger charge is 2.19. The van der Waals surface area contributed by atoms with E-state index in [1.54, 1.807) is 0 Å². The number of halogens is 1. The highest BCUT2D eigenvalue weighted by molar-refractivity contribution is 9.10. The van der Waals surface area contributed by atoms with E-state index in [0.717, 1.165) is 29.2 Å². The first-order chi connectivity index (χ1) is 7.18. The maximum Gasteiger partial charge on any atom is 0.116 e. The standard InChI is InChI=1S/C12H12BrNO/c1-7-11(13)10-6-9(15)5-8-3-2-4-14(7)12(8)10/h5-6,15H,2-4H2,1H3. The molecule has 3 heteroatoms. The molecule has 3 rings (SSSR count). The predicted octanol–water partition coefficient (Wildman–Crippen LogP) is 3.36. The van der Waals surface area contributed by atoms with E-state index in [9.17, 15) is 5.11 Å². The Balaban J connectivity index is 2.53. The van der Waals surface area contributed by atoms with E-state index in [4.69, 9.17) is 0 Å². The second kappa shape index (κ2) is 3.01. The summed E-state index contributed by atoms with van der Waals surface area (Å²) < 4.78 is 3.47. The van der Waals surface area contributed by atoms with Gasteiger partial charge < -0.3 is 9.67 Å². The minimum Gasteiger partial charge on any atom is -0.508 e. The molecule has 0 atom stereocenters. The van der Waals surface area contributed by atoms with Crippen LogP contribution in [0.5, 0.6) is 5.75 Å². The van der Waals surface area contributed by atoms with Gasteiger partial charge in [0.25, 0.3) is 0 Å². The number of aryl methyl sites for hydroxylation is 2. The maximum atomic E-state index is 9.66. The smallest absolute Gasteiger partial charge is 0.116 e. The molecule has 1 aliphatic rings. The summed E-state index contributed by atoms with van der Waals surface area (Å²) in [5.74, 6) is 0.372. The minimum absolute atomic E-state index is 0.372. The summed E-state index contributed by atoms with van der Waals surface area (Å²) in [5, 5.41) is 10.8. The number of nitrogens with zero attached hydrogens (tertiary/aromatic N) is 1. The van der Waals surface area contributed by atoms with Crippen molar-refractivity contribution in [2.45, 2.75) is 26.3 Å². The summed E-state index contributed by atoms with van der Waals surface area (Å²) in [5.41, 5.74) is 3.82. The van der Waals surface area contributed by atoms with E-state index in [-0.39, 0.29) is 0 Å². The topological polar surface area (TPSA) is 25.2 Å². The molecular formula is C12H12BrNO. The van der Waals surface area contributed by atoms with Gasteiger partial charge in [-0.15, -0.1) is 0 Å². The molecule has 0 unspecified atom stereocenters. The van der Waals surface area contributed by atoms with Gasteiger partial charge in [-0.25, -0.2) is 0 Å². The van der Waals surface area contributed by atoms with Gasteiger partial charge in [0, 0.05) is 22.1 Å². The Morgan fingerprint density at radius 2 is 2.20 bits per heavy atom. The fraction of sp³-hybridized carbons (Fsp3) is 0.333. The van der Waals surface area contributed by atoms with E-state index in [1.165, 1.54) is 16.8 Å². The van der Waals surface area contributed by atoms with Crippen molar-refractivity contribution in [3.63, 3.8) is 0 Å². The fourth-order valence-electron chi connectivity index (χ4n) is 2.54. The van der Waals surface area contributed by atoms with E-state index >= 15 is 0 Å². The van der Waals surface area contributed by atoms with Gasteiger partial charge in [0.2, 0.25) is 0 Å². The molecule has 0 aliphatic carbocycles. The lowest BCUT2D eigenvalue weighted by Gasteiger charge is -2.16. The fourth-order valence-corrected chi connectivity index (χ4v) is 3.06. The molecule has 1 aromatic heterocycles. The van der Waals surface area contributed by atoms with Crippen LogP contribution < -0.4 is 0 Å². The Hall–Kier alpha value is -0.960. The summed E-state index contributed by atoms with van der Waals surface area (Å²) in [4.78, 5) is 0. The van der Waals surface area contributed by atoms with Crippen LogP contribution >= 0.6 is 15.9 Å². The molecule has 1 aromatic carbocycles. The minimum atomic E-state index is 0.372. The van der Waals surface area contributed by atoms with Crippen molar-refractivity contribution in [1.29, 1.82) is 0 Å². The van der Waals surface area contributed by atoms with Crippen LogP contribution in [0.2, 0.25) is 0 Å². The van der Waals surface area contributed by atoms with Crippen LogP contribution in [0.25, 0.3) is 10.9 Å². The predicted molar refractivity (Wildman–Crippen MR) is 64.4 cm³/mol. The Morgan fingerprint density at radius 3 is 3.00 bits per heavy atom. The van der Waals surface area contributed by atoms with Crippen LogP contribution in [0.15, 0.2) is 16.6 Å². The molecule has 78 valence electrons. The Kier molecular flexibility index (Phi) is 1.87. The van der Waals surface area contributed by atoms with Gasteiger partial charge in [-0.1, -0.05) is 0 Å². The molecule has 0 radical (unpaired) electrons. The van der Waals surface area contributed by atoms with Crippen LogP contribution in [0.1, 0.15) is 17.7 Å². The molecule has 2 aromatic rings. The van der Waals surface area contributed by atoms with E-state index < -0.39 is 0 Å². The molecule has 15 heavy (non-hydrogen) atoms. The molecule has 0 saturated heterocycles. The number of aromatic nitrogens is 1. The third-order valence-corrected chi connectivity index (χ3v) is 4.23. The molecule has 0 amide bonds. The van der Waals surface area contributed by atoms with Gasteiger partial charge in [0.1, 0.15) is 5.75 Å². The summed E-state index contributed by atoms with van der Waals surface area (Å²) in [6.45, 7) is 3.21. The summed E-state index contributed by atoms with van der Waals surface area (Å²) in [6, 6.07) is 3.74. The molecule has 0 spiro atoms. The number of hydrogen-bond donors (Lipinski definition) is 1. The molecule has 0 bridgehead atoms. The third-order valence-electron chi connectivity index (χ3n) is 3.23. The SMILES string of the molecule is Cc1c(Br)c2cc(O)cc3c2n1CCC3. The number of hydrogen-bond acceptors (Lipinski definition) is 1. The lowest BCUT2D eigenvalue weighted by atomic mass is 10.0. The first-order valence-corrected chi connectivity index (χ1v) is 5.98. The Morgan fingerprint density at radius 1 is 1.40 bits per heavy atom. The van der Waals surface area contributed by atoms with Crippen molar-refractivity contribution in [3.05, 3.63) is 27.9 Å². The second-order valence-electron chi connectivity index (χ2n) is 4.16. The van der Waals surface area contributed by atoms with Crippen LogP contribution in [-0.4, -0.2) is 9.67 Å². The van der Waals surface area contributed by atoms with Gasteiger partial charge in [-0.3, -0.25) is 0 Å². The first-order valence-electron chi connectivity index (χ1n) is 5.18. The lowest BCUT2D eigenvalue weighted by Crippen LogP contribution is -2.08. The van der Waals surface area contributed by atoms with Gasteiger partial charge in [-0.2, -0.15) is 0 Å². The quantitative estimate of drug-likeness (QED) is 0.777. The molecule has 0 fully saturated rings. The van der Waals surface area contributed by atoms with Gasteiger partial charge in [-0.05, 0) is 53.4 Å². The monoisotopic (exact) mass is 265 g/mol. The Labute approximate surface area is 96.6 Å². The van der Waals surface area contributed by atoms with Crippen LogP contribution in [0.3, 0.4) is 0 Å². The van der Waals surface area contributed by atoms with Crippen molar-refractivity contribution >= 4 is 26.8 Å². The van der Waals surface area contributed by atoms with Crippen molar-refractivity contribution < 1.29 is 5.11 Å². The normalized spacial score (nSPS) is 14.8. The number of phenols is 1. The zero-order valence-electron chi connectivity index (χ0n) is 8.55. The Bertz CT molecular complexity index is 556. The van der Waals surface area contributed by atoms with E-state index in [2.05, 4.69) is 27.4 Å². The zero-order chi connectivity index (χ0) is 10.6. The average molecular weight is 266 g/mol. The van der Waals surface area contributed by atoms with Crippen LogP contribution in [0, 0.1) is 6.92 Å². The van der Waals surface area contributed by atoms with Crippen molar-refractivity contribution in [1.82, 2.24) is 4.57 Å². The lowest BCUT2D eigenvalue weighted by molar-refractivity contribution is 0.474. The number of aromatic hydroxyl groups is 1. The highest BCUT2D eigenvalue weighted by atomic mass is 79.9. The number of benzene rings is 1. The summed E-state index contributed by atoms with van der Waals surface area (Å²) >= 11 is 3.61.